The number of carbonyl (C=O) groups is 1. The zero-order valence-electron chi connectivity index (χ0n) is 16.7. The second kappa shape index (κ2) is 8.23. The van der Waals surface area contributed by atoms with E-state index >= 15 is 0 Å². The van der Waals surface area contributed by atoms with Gasteiger partial charge in [0.1, 0.15) is 11.6 Å². The molecule has 0 bridgehead atoms. The molecule has 6 heteroatoms. The third kappa shape index (κ3) is 4.26. The first-order valence-corrected chi connectivity index (χ1v) is 10.1. The minimum absolute atomic E-state index is 0.0800. The Labute approximate surface area is 169 Å². The van der Waals surface area contributed by atoms with Gasteiger partial charge in [-0.3, -0.25) is 9.78 Å². The van der Waals surface area contributed by atoms with Crippen molar-refractivity contribution in [1.82, 2.24) is 20.3 Å². The van der Waals surface area contributed by atoms with Gasteiger partial charge in [-0.15, -0.1) is 0 Å². The molecule has 2 aromatic heterocycles. The maximum atomic E-state index is 13.8. The first-order valence-electron chi connectivity index (χ1n) is 10.1. The zero-order chi connectivity index (χ0) is 20.4. The number of carbonyl (C=O) groups excluding carboxylic acids is 1. The van der Waals surface area contributed by atoms with Crippen molar-refractivity contribution in [3.63, 3.8) is 0 Å². The molecule has 3 aromatic rings. The van der Waals surface area contributed by atoms with Crippen LogP contribution in [0.5, 0.6) is 0 Å². The Morgan fingerprint density at radius 3 is 2.55 bits per heavy atom. The van der Waals surface area contributed by atoms with E-state index in [-0.39, 0.29) is 17.8 Å². The molecule has 2 heterocycles. The molecule has 0 radical (unpaired) electrons. The summed E-state index contributed by atoms with van der Waals surface area (Å²) in [6.45, 7) is 3.86. The number of rotatable bonds is 4. The molecule has 1 aromatic carbocycles. The molecule has 1 atom stereocenters. The van der Waals surface area contributed by atoms with Crippen LogP contribution in [0, 0.1) is 18.7 Å². The number of aryl methyl sites for hydroxylation is 1. The highest BCUT2D eigenvalue weighted by atomic mass is 19.1. The first kappa shape index (κ1) is 19.4. The number of amides is 1. The third-order valence-corrected chi connectivity index (χ3v) is 6.06. The van der Waals surface area contributed by atoms with E-state index in [9.17, 15) is 9.18 Å². The van der Waals surface area contributed by atoms with E-state index in [4.69, 9.17) is 0 Å². The Morgan fingerprint density at radius 1 is 1.10 bits per heavy atom. The highest BCUT2D eigenvalue weighted by molar-refractivity contribution is 5.93. The summed E-state index contributed by atoms with van der Waals surface area (Å²) in [7, 11) is 0. The second-order valence-electron chi connectivity index (χ2n) is 7.95. The molecule has 0 unspecified atom stereocenters. The number of hydrogen-bond donors (Lipinski definition) is 1. The molecule has 1 amide bonds. The summed E-state index contributed by atoms with van der Waals surface area (Å²) < 4.78 is 13.8. The van der Waals surface area contributed by atoms with Gasteiger partial charge in [-0.2, -0.15) is 0 Å². The van der Waals surface area contributed by atoms with Gasteiger partial charge in [0.25, 0.3) is 5.91 Å². The standard InChI is InChI=1S/C23H25FN4O/c1-14(28-23(29)18-12-26-15(2)27-13-18)16-3-5-17(6-4-16)20-9-10-25-22-8-7-19(24)11-21(20)22/h7-14,16-17H,3-6H2,1-2H3,(H,28,29)/t14-,16?,17?/m1/s1. The van der Waals surface area contributed by atoms with Crippen molar-refractivity contribution in [3.05, 3.63) is 65.6 Å². The monoisotopic (exact) mass is 392 g/mol. The highest BCUT2D eigenvalue weighted by Crippen LogP contribution is 2.39. The normalized spacial score (nSPS) is 20.4. The summed E-state index contributed by atoms with van der Waals surface area (Å²) >= 11 is 0. The molecule has 0 aliphatic heterocycles. The van der Waals surface area contributed by atoms with E-state index in [0.29, 0.717) is 23.2 Å². The molecule has 4 rings (SSSR count). The van der Waals surface area contributed by atoms with Gasteiger partial charge in [0.15, 0.2) is 0 Å². The summed E-state index contributed by atoms with van der Waals surface area (Å²) in [5.74, 6) is 1.11. The average molecular weight is 392 g/mol. The predicted octanol–water partition coefficient (Wildman–Crippen LogP) is 4.56. The molecule has 1 N–H and O–H groups in total. The van der Waals surface area contributed by atoms with Crippen molar-refractivity contribution >= 4 is 16.8 Å². The van der Waals surface area contributed by atoms with Gasteiger partial charge in [0.2, 0.25) is 0 Å². The van der Waals surface area contributed by atoms with Crippen LogP contribution < -0.4 is 5.32 Å². The fourth-order valence-electron chi connectivity index (χ4n) is 4.34. The fraction of sp³-hybridized carbons (Fsp3) is 0.391. The van der Waals surface area contributed by atoms with Gasteiger partial charge in [-0.05, 0) is 81.2 Å². The number of nitrogens with one attached hydrogen (secondary N) is 1. The number of halogens is 1. The molecule has 1 saturated carbocycles. The lowest BCUT2D eigenvalue weighted by Crippen LogP contribution is -2.39. The molecule has 5 nitrogen and oxygen atoms in total. The van der Waals surface area contributed by atoms with Crippen LogP contribution in [0.3, 0.4) is 0 Å². The van der Waals surface area contributed by atoms with Crippen molar-refractivity contribution in [2.75, 3.05) is 0 Å². The summed E-state index contributed by atoms with van der Waals surface area (Å²) in [5.41, 5.74) is 2.51. The maximum Gasteiger partial charge on any atom is 0.254 e. The Kier molecular flexibility index (Phi) is 5.51. The van der Waals surface area contributed by atoms with E-state index in [2.05, 4.69) is 27.2 Å². The minimum atomic E-state index is -0.225. The molecule has 1 aliphatic rings. The number of nitrogens with zero attached hydrogens (tertiary/aromatic N) is 3. The third-order valence-electron chi connectivity index (χ3n) is 6.06. The summed E-state index contributed by atoms with van der Waals surface area (Å²) in [4.78, 5) is 25.0. The van der Waals surface area contributed by atoms with Crippen LogP contribution >= 0.6 is 0 Å². The molecule has 29 heavy (non-hydrogen) atoms. The highest BCUT2D eigenvalue weighted by Gasteiger charge is 2.28. The molecular weight excluding hydrogens is 367 g/mol. The summed E-state index contributed by atoms with van der Waals surface area (Å²) in [6.07, 6.45) is 9.03. The van der Waals surface area contributed by atoms with Gasteiger partial charge in [-0.1, -0.05) is 0 Å². The number of hydrogen-bond acceptors (Lipinski definition) is 4. The van der Waals surface area contributed by atoms with Crippen LogP contribution in [0.4, 0.5) is 4.39 Å². The van der Waals surface area contributed by atoms with Crippen LogP contribution in [0.15, 0.2) is 42.9 Å². The number of aromatic nitrogens is 3. The summed E-state index contributed by atoms with van der Waals surface area (Å²) in [5, 5.41) is 4.01. The molecule has 150 valence electrons. The number of benzene rings is 1. The van der Waals surface area contributed by atoms with Crippen LogP contribution in [0.25, 0.3) is 10.9 Å². The topological polar surface area (TPSA) is 67.8 Å². The van der Waals surface area contributed by atoms with E-state index in [1.54, 1.807) is 31.5 Å². The molecule has 1 fully saturated rings. The quantitative estimate of drug-likeness (QED) is 0.706. The Hall–Kier alpha value is -2.89. The Bertz CT molecular complexity index is 1010. The van der Waals surface area contributed by atoms with Crippen LogP contribution in [0.2, 0.25) is 0 Å². The Morgan fingerprint density at radius 2 is 1.83 bits per heavy atom. The maximum absolute atomic E-state index is 13.8. The van der Waals surface area contributed by atoms with Gasteiger partial charge >= 0.3 is 0 Å². The van der Waals surface area contributed by atoms with E-state index in [0.717, 1.165) is 36.6 Å². The van der Waals surface area contributed by atoms with E-state index in [1.165, 1.54) is 11.6 Å². The lowest BCUT2D eigenvalue weighted by molar-refractivity contribution is 0.0917. The lowest BCUT2D eigenvalue weighted by Gasteiger charge is -2.33. The van der Waals surface area contributed by atoms with Gasteiger partial charge in [0, 0.05) is 30.0 Å². The van der Waals surface area contributed by atoms with Gasteiger partial charge < -0.3 is 5.32 Å². The molecule has 1 aliphatic carbocycles. The predicted molar refractivity (Wildman–Crippen MR) is 110 cm³/mol. The summed E-state index contributed by atoms with van der Waals surface area (Å²) in [6, 6.07) is 6.90. The van der Waals surface area contributed by atoms with Gasteiger partial charge in [0.05, 0.1) is 11.1 Å². The molecular formula is C23H25FN4O. The first-order chi connectivity index (χ1) is 14.0. The Balaban J connectivity index is 1.40. The van der Waals surface area contributed by atoms with Gasteiger partial charge in [-0.25, -0.2) is 14.4 Å². The SMILES string of the molecule is Cc1ncc(C(=O)N[C@H](C)C2CCC(c3ccnc4ccc(F)cc34)CC2)cn1. The van der Waals surface area contributed by atoms with Crippen molar-refractivity contribution in [3.8, 4) is 0 Å². The van der Waals surface area contributed by atoms with E-state index in [1.807, 2.05) is 12.3 Å². The number of pyridine rings is 1. The van der Waals surface area contributed by atoms with Crippen molar-refractivity contribution < 1.29 is 9.18 Å². The van der Waals surface area contributed by atoms with Crippen LogP contribution in [-0.4, -0.2) is 26.9 Å². The van der Waals surface area contributed by atoms with E-state index < -0.39 is 0 Å². The smallest absolute Gasteiger partial charge is 0.254 e. The largest absolute Gasteiger partial charge is 0.349 e. The van der Waals surface area contributed by atoms with Crippen LogP contribution in [-0.2, 0) is 0 Å². The van der Waals surface area contributed by atoms with Crippen molar-refractivity contribution in [2.45, 2.75) is 51.5 Å². The number of fused-ring (bicyclic) bond motifs is 1. The zero-order valence-corrected chi connectivity index (χ0v) is 16.7. The molecule has 0 spiro atoms. The minimum Gasteiger partial charge on any atom is -0.349 e. The average Bonchev–Trinajstić information content (AvgIpc) is 2.74. The fourth-order valence-corrected chi connectivity index (χ4v) is 4.34. The van der Waals surface area contributed by atoms with Crippen molar-refractivity contribution in [2.24, 2.45) is 5.92 Å². The van der Waals surface area contributed by atoms with Crippen molar-refractivity contribution in [1.29, 1.82) is 0 Å². The molecule has 0 saturated heterocycles. The lowest BCUT2D eigenvalue weighted by atomic mass is 9.75. The van der Waals surface area contributed by atoms with Crippen LogP contribution in [0.1, 0.15) is 60.3 Å². The second-order valence-corrected chi connectivity index (χ2v) is 7.95.